The largest absolute Gasteiger partial charge is 0.509 e. The van der Waals surface area contributed by atoms with Crippen LogP contribution in [0.2, 0.25) is 0 Å². The number of hydrogen-bond donors (Lipinski definition) is 2. The summed E-state index contributed by atoms with van der Waals surface area (Å²) < 4.78 is 0. The minimum atomic E-state index is -0.303. The third kappa shape index (κ3) is 3.57. The average Bonchev–Trinajstić information content (AvgIpc) is 3.03. The first-order valence-electron chi connectivity index (χ1n) is 13.5. The number of aliphatic hydroxyl groups is 2. The number of hydrogen-bond acceptors (Lipinski definition) is 2. The zero-order valence-corrected chi connectivity index (χ0v) is 21.5. The molecule has 2 nitrogen and oxygen atoms in total. The lowest BCUT2D eigenvalue weighted by atomic mass is 9.41. The quantitative estimate of drug-likeness (QED) is 0.458. The lowest BCUT2D eigenvalue weighted by Crippen LogP contribution is -2.57. The van der Waals surface area contributed by atoms with E-state index in [9.17, 15) is 10.2 Å². The Morgan fingerprint density at radius 2 is 1.42 bits per heavy atom. The van der Waals surface area contributed by atoms with Crippen LogP contribution < -0.4 is 0 Å². The van der Waals surface area contributed by atoms with Crippen molar-refractivity contribution in [2.45, 2.75) is 113 Å². The Hall–Kier alpha value is -0.660. The molecule has 0 heterocycles. The smallest absolute Gasteiger partial charge is 0.135 e. The highest BCUT2D eigenvalue weighted by Crippen LogP contribution is 2.71. The van der Waals surface area contributed by atoms with Crippen molar-refractivity contribution >= 4 is 0 Å². The molecule has 4 aliphatic carbocycles. The van der Waals surface area contributed by atoms with Gasteiger partial charge in [0.2, 0.25) is 0 Å². The van der Waals surface area contributed by atoms with E-state index in [2.05, 4.69) is 48.5 Å². The molecule has 0 bridgehead atoms. The molecule has 3 saturated carbocycles. The van der Waals surface area contributed by atoms with Crippen molar-refractivity contribution in [2.24, 2.45) is 57.7 Å². The zero-order chi connectivity index (χ0) is 22.8. The normalized spacial score (nSPS) is 45.2. The molecule has 0 spiro atoms. The van der Waals surface area contributed by atoms with Crippen molar-refractivity contribution < 1.29 is 10.2 Å². The molecular formula is C29H50O2. The highest BCUT2D eigenvalue weighted by atomic mass is 16.3. The van der Waals surface area contributed by atoms with Gasteiger partial charge in [-0.1, -0.05) is 67.7 Å². The molecule has 0 amide bonds. The van der Waals surface area contributed by atoms with Gasteiger partial charge in [-0.15, -0.1) is 0 Å². The first-order valence-corrected chi connectivity index (χ1v) is 13.5. The van der Waals surface area contributed by atoms with E-state index in [1.807, 2.05) is 0 Å². The summed E-state index contributed by atoms with van der Waals surface area (Å²) in [5, 5.41) is 21.4. The second-order valence-electron chi connectivity index (χ2n) is 13.7. The summed E-state index contributed by atoms with van der Waals surface area (Å²) in [6, 6.07) is 0. The van der Waals surface area contributed by atoms with Crippen molar-refractivity contribution in [1.82, 2.24) is 0 Å². The van der Waals surface area contributed by atoms with Crippen molar-refractivity contribution in [2.75, 3.05) is 0 Å². The fourth-order valence-corrected chi connectivity index (χ4v) is 9.80. The minimum absolute atomic E-state index is 0.123. The maximum atomic E-state index is 10.7. The van der Waals surface area contributed by atoms with Gasteiger partial charge in [0, 0.05) is 11.8 Å². The fourth-order valence-electron chi connectivity index (χ4n) is 9.80. The van der Waals surface area contributed by atoms with Crippen LogP contribution in [-0.2, 0) is 0 Å². The van der Waals surface area contributed by atoms with Gasteiger partial charge in [0.25, 0.3) is 0 Å². The molecule has 0 aromatic heterocycles. The minimum Gasteiger partial charge on any atom is -0.509 e. The van der Waals surface area contributed by atoms with Crippen LogP contribution in [0.15, 0.2) is 11.5 Å². The Morgan fingerprint density at radius 1 is 0.806 bits per heavy atom. The first-order chi connectivity index (χ1) is 14.4. The molecule has 0 unspecified atom stereocenters. The van der Waals surface area contributed by atoms with Crippen LogP contribution in [0.4, 0.5) is 0 Å². The van der Waals surface area contributed by atoms with Gasteiger partial charge in [0.05, 0.1) is 0 Å². The third-order valence-corrected chi connectivity index (χ3v) is 11.4. The van der Waals surface area contributed by atoms with E-state index in [0.717, 1.165) is 29.6 Å². The Bertz CT molecular complexity index is 706. The second-order valence-corrected chi connectivity index (χ2v) is 13.7. The molecular weight excluding hydrogens is 380 g/mol. The SMILES string of the molecule is CC(C)CCC[C@@H](C)[C@H]1CC[C@]2(C)[C@@H]3CC[C@H]4C(C)(C)C(O)=C(O)C[C@]4(C)[C@H]3CC[C@@H]12. The van der Waals surface area contributed by atoms with Crippen LogP contribution in [0.5, 0.6) is 0 Å². The molecule has 4 aliphatic rings. The van der Waals surface area contributed by atoms with E-state index < -0.39 is 0 Å². The maximum absolute atomic E-state index is 10.7. The summed E-state index contributed by atoms with van der Waals surface area (Å²) in [6.45, 7) is 16.7. The van der Waals surface area contributed by atoms with Crippen LogP contribution >= 0.6 is 0 Å². The lowest BCUT2D eigenvalue weighted by Gasteiger charge is -2.64. The Balaban J connectivity index is 1.54. The third-order valence-electron chi connectivity index (χ3n) is 11.4. The summed E-state index contributed by atoms with van der Waals surface area (Å²) in [5.74, 6) is 6.03. The molecule has 2 heteroatoms. The molecule has 4 rings (SSSR count). The first kappa shape index (κ1) is 23.5. The summed E-state index contributed by atoms with van der Waals surface area (Å²) in [5.41, 5.74) is 0.303. The second kappa shape index (κ2) is 7.98. The molecule has 0 aliphatic heterocycles. The van der Waals surface area contributed by atoms with E-state index in [-0.39, 0.29) is 22.3 Å². The van der Waals surface area contributed by atoms with E-state index in [1.54, 1.807) is 0 Å². The van der Waals surface area contributed by atoms with Crippen LogP contribution in [0.25, 0.3) is 0 Å². The summed E-state index contributed by atoms with van der Waals surface area (Å²) >= 11 is 0. The highest BCUT2D eigenvalue weighted by molar-refractivity contribution is 5.23. The van der Waals surface area contributed by atoms with Gasteiger partial charge in [-0.05, 0) is 90.8 Å². The van der Waals surface area contributed by atoms with Gasteiger partial charge in [-0.2, -0.15) is 0 Å². The van der Waals surface area contributed by atoms with Gasteiger partial charge in [0.15, 0.2) is 0 Å². The summed E-state index contributed by atoms with van der Waals surface area (Å²) in [4.78, 5) is 0. The lowest BCUT2D eigenvalue weighted by molar-refractivity contribution is -0.146. The number of allylic oxidation sites excluding steroid dienone is 2. The van der Waals surface area contributed by atoms with E-state index in [1.165, 1.54) is 57.8 Å². The number of fused-ring (bicyclic) bond motifs is 5. The van der Waals surface area contributed by atoms with Gasteiger partial charge in [-0.25, -0.2) is 0 Å². The van der Waals surface area contributed by atoms with Crippen molar-refractivity contribution in [1.29, 1.82) is 0 Å². The monoisotopic (exact) mass is 430 g/mol. The van der Waals surface area contributed by atoms with Crippen molar-refractivity contribution in [3.8, 4) is 0 Å². The molecule has 2 N–H and O–H groups in total. The van der Waals surface area contributed by atoms with Gasteiger partial charge in [0.1, 0.15) is 11.5 Å². The van der Waals surface area contributed by atoms with Crippen molar-refractivity contribution in [3.63, 3.8) is 0 Å². The molecule has 0 aromatic rings. The zero-order valence-electron chi connectivity index (χ0n) is 21.5. The molecule has 8 atom stereocenters. The fraction of sp³-hybridized carbons (Fsp3) is 0.931. The van der Waals surface area contributed by atoms with E-state index >= 15 is 0 Å². The van der Waals surface area contributed by atoms with Gasteiger partial charge >= 0.3 is 0 Å². The maximum Gasteiger partial charge on any atom is 0.135 e. The van der Waals surface area contributed by atoms with Gasteiger partial charge in [-0.3, -0.25) is 0 Å². The van der Waals surface area contributed by atoms with Crippen LogP contribution in [0.1, 0.15) is 113 Å². The highest BCUT2D eigenvalue weighted by Gasteiger charge is 2.64. The molecule has 3 fully saturated rings. The van der Waals surface area contributed by atoms with E-state index in [0.29, 0.717) is 23.7 Å². The Morgan fingerprint density at radius 3 is 2.10 bits per heavy atom. The summed E-state index contributed by atoms with van der Waals surface area (Å²) in [7, 11) is 0. The van der Waals surface area contributed by atoms with Crippen LogP contribution in [0, 0.1) is 57.7 Å². The van der Waals surface area contributed by atoms with Crippen LogP contribution in [0.3, 0.4) is 0 Å². The molecule has 0 radical (unpaired) electrons. The number of rotatable bonds is 5. The number of aliphatic hydroxyl groups excluding tert-OH is 2. The predicted molar refractivity (Wildman–Crippen MR) is 130 cm³/mol. The standard InChI is InChI=1S/C29H50O2/c1-18(2)9-8-10-19(3)20-15-16-28(6)21(20)11-12-23-22(28)13-14-25-27(4,5)26(31)24(30)17-29(23,25)7/h18-23,25,30-31H,8-17H2,1-7H3/t19-,20-,21+,22-,23+,25+,28+,29-/m1/s1. The van der Waals surface area contributed by atoms with Gasteiger partial charge < -0.3 is 10.2 Å². The predicted octanol–water partition coefficient (Wildman–Crippen LogP) is 8.68. The molecule has 0 aromatic carbocycles. The average molecular weight is 431 g/mol. The summed E-state index contributed by atoms with van der Waals surface area (Å²) in [6.07, 6.45) is 13.0. The van der Waals surface area contributed by atoms with Crippen LogP contribution in [-0.4, -0.2) is 10.2 Å². The Kier molecular flexibility index (Phi) is 6.05. The molecule has 178 valence electrons. The van der Waals surface area contributed by atoms with Crippen molar-refractivity contribution in [3.05, 3.63) is 11.5 Å². The van der Waals surface area contributed by atoms with E-state index in [4.69, 9.17) is 0 Å². The topological polar surface area (TPSA) is 40.5 Å². The molecule has 31 heavy (non-hydrogen) atoms. The Labute approximate surface area is 192 Å². The molecule has 0 saturated heterocycles.